The number of rotatable bonds is 2. The van der Waals surface area contributed by atoms with Crippen LogP contribution in [0, 0.1) is 0 Å². The van der Waals surface area contributed by atoms with Crippen molar-refractivity contribution in [1.82, 2.24) is 14.9 Å². The lowest BCUT2D eigenvalue weighted by Crippen LogP contribution is -2.41. The van der Waals surface area contributed by atoms with E-state index in [2.05, 4.69) is 23.2 Å². The van der Waals surface area contributed by atoms with Crippen LogP contribution in [0.1, 0.15) is 69.7 Å². The van der Waals surface area contributed by atoms with Gasteiger partial charge in [-0.15, -0.1) is 0 Å². The summed E-state index contributed by atoms with van der Waals surface area (Å²) in [7, 11) is 0. The van der Waals surface area contributed by atoms with E-state index in [9.17, 15) is 4.79 Å². The zero-order chi connectivity index (χ0) is 17.6. The first-order chi connectivity index (χ1) is 11.9. The molecule has 1 saturated heterocycles. The van der Waals surface area contributed by atoms with Gasteiger partial charge in [0.25, 0.3) is 0 Å². The molecule has 1 aliphatic carbocycles. The van der Waals surface area contributed by atoms with Gasteiger partial charge >= 0.3 is 6.09 Å². The van der Waals surface area contributed by atoms with E-state index in [0.29, 0.717) is 5.92 Å². The molecular weight excluding hydrogens is 314 g/mol. The van der Waals surface area contributed by atoms with Gasteiger partial charge < -0.3 is 14.6 Å². The van der Waals surface area contributed by atoms with Crippen molar-refractivity contribution in [3.63, 3.8) is 0 Å². The van der Waals surface area contributed by atoms with Crippen molar-refractivity contribution < 1.29 is 9.53 Å². The van der Waals surface area contributed by atoms with Gasteiger partial charge in [0.15, 0.2) is 0 Å². The second-order valence-corrected chi connectivity index (χ2v) is 8.41. The van der Waals surface area contributed by atoms with Gasteiger partial charge in [-0.2, -0.15) is 0 Å². The molecule has 2 heterocycles. The van der Waals surface area contributed by atoms with E-state index in [1.165, 1.54) is 18.4 Å². The number of hydrogen-bond acceptors (Lipinski definition) is 3. The third kappa shape index (κ3) is 3.65. The zero-order valence-corrected chi connectivity index (χ0v) is 15.3. The maximum Gasteiger partial charge on any atom is 0.410 e. The van der Waals surface area contributed by atoms with Crippen molar-refractivity contribution in [3.05, 3.63) is 29.6 Å². The summed E-state index contributed by atoms with van der Waals surface area (Å²) < 4.78 is 5.47. The molecule has 1 aromatic heterocycles. The number of nitrogens with zero attached hydrogens (tertiary/aromatic N) is 2. The largest absolute Gasteiger partial charge is 0.444 e. The Balaban J connectivity index is 1.42. The van der Waals surface area contributed by atoms with Crippen LogP contribution in [0.3, 0.4) is 0 Å². The van der Waals surface area contributed by atoms with Gasteiger partial charge in [0, 0.05) is 19.0 Å². The molecule has 0 unspecified atom stereocenters. The first-order valence-corrected chi connectivity index (χ1v) is 9.36. The van der Waals surface area contributed by atoms with E-state index in [1.807, 2.05) is 25.7 Å². The van der Waals surface area contributed by atoms with Crippen LogP contribution in [0.5, 0.6) is 0 Å². The third-order valence-corrected chi connectivity index (χ3v) is 5.11. The van der Waals surface area contributed by atoms with Crippen molar-refractivity contribution in [2.45, 2.75) is 63.9 Å². The van der Waals surface area contributed by atoms with Crippen molar-refractivity contribution in [3.8, 4) is 0 Å². The van der Waals surface area contributed by atoms with Crippen LogP contribution >= 0.6 is 0 Å². The molecule has 1 saturated carbocycles. The molecule has 1 amide bonds. The van der Waals surface area contributed by atoms with Crippen molar-refractivity contribution in [2.24, 2.45) is 0 Å². The summed E-state index contributed by atoms with van der Waals surface area (Å²) >= 11 is 0. The summed E-state index contributed by atoms with van der Waals surface area (Å²) in [5, 5.41) is 0. The number of benzene rings is 1. The number of fused-ring (bicyclic) bond motifs is 1. The maximum atomic E-state index is 12.2. The quantitative estimate of drug-likeness (QED) is 0.871. The molecular formula is C20H27N3O2. The first kappa shape index (κ1) is 16.4. The Bertz CT molecular complexity index is 778. The number of imidazole rings is 1. The number of aromatic amines is 1. The molecule has 2 aromatic rings. The minimum atomic E-state index is -0.439. The summed E-state index contributed by atoms with van der Waals surface area (Å²) in [5.41, 5.74) is 3.19. The summed E-state index contributed by atoms with van der Waals surface area (Å²) in [5.74, 6) is 2.20. The van der Waals surface area contributed by atoms with E-state index in [-0.39, 0.29) is 6.09 Å². The Labute approximate surface area is 148 Å². The summed E-state index contributed by atoms with van der Waals surface area (Å²) in [6.45, 7) is 7.17. The standard InChI is InChI=1S/C20H27N3O2/c1-20(2,3)25-19(24)23-10-8-14(9-11-23)18-21-16-7-6-15(13-4-5-13)12-17(16)22-18/h6-7,12-14H,4-5,8-11H2,1-3H3,(H,21,22). The average Bonchev–Trinajstić information content (AvgIpc) is 3.32. The van der Waals surface area contributed by atoms with Crippen LogP contribution in [0.4, 0.5) is 4.79 Å². The highest BCUT2D eigenvalue weighted by Gasteiger charge is 2.29. The molecule has 5 nitrogen and oxygen atoms in total. The van der Waals surface area contributed by atoms with Crippen LogP contribution in [0.25, 0.3) is 11.0 Å². The molecule has 25 heavy (non-hydrogen) atoms. The lowest BCUT2D eigenvalue weighted by atomic mass is 9.96. The second-order valence-electron chi connectivity index (χ2n) is 8.41. The Kier molecular flexibility index (Phi) is 3.97. The predicted octanol–water partition coefficient (Wildman–Crippen LogP) is 4.55. The number of amides is 1. The molecule has 5 heteroatoms. The van der Waals surface area contributed by atoms with Crippen molar-refractivity contribution in [2.75, 3.05) is 13.1 Å². The number of nitrogens with one attached hydrogen (secondary N) is 1. The van der Waals surface area contributed by atoms with Gasteiger partial charge in [0.2, 0.25) is 0 Å². The SMILES string of the molecule is CC(C)(C)OC(=O)N1CCC(c2nc3ccc(C4CC4)cc3[nH]2)CC1. The van der Waals surface area contributed by atoms with Crippen LogP contribution in [0.15, 0.2) is 18.2 Å². The molecule has 4 rings (SSSR count). The maximum absolute atomic E-state index is 12.2. The molecule has 1 aromatic carbocycles. The van der Waals surface area contributed by atoms with Crippen LogP contribution in [0.2, 0.25) is 0 Å². The molecule has 1 aliphatic heterocycles. The Morgan fingerprint density at radius 3 is 2.52 bits per heavy atom. The highest BCUT2D eigenvalue weighted by molar-refractivity contribution is 5.76. The Hall–Kier alpha value is -2.04. The van der Waals surface area contributed by atoms with Gasteiger partial charge in [0.05, 0.1) is 11.0 Å². The second kappa shape index (κ2) is 6.04. The molecule has 0 spiro atoms. The fourth-order valence-corrected chi connectivity index (χ4v) is 3.57. The van der Waals surface area contributed by atoms with Gasteiger partial charge in [-0.1, -0.05) is 6.07 Å². The van der Waals surface area contributed by atoms with E-state index < -0.39 is 5.60 Å². The van der Waals surface area contributed by atoms with Gasteiger partial charge in [-0.05, 0) is 70.1 Å². The topological polar surface area (TPSA) is 58.2 Å². The number of piperidine rings is 1. The molecule has 0 bridgehead atoms. The Morgan fingerprint density at radius 2 is 1.88 bits per heavy atom. The Morgan fingerprint density at radius 1 is 1.16 bits per heavy atom. The van der Waals surface area contributed by atoms with Crippen LogP contribution < -0.4 is 0 Å². The number of aromatic nitrogens is 2. The highest BCUT2D eigenvalue weighted by atomic mass is 16.6. The van der Waals surface area contributed by atoms with Gasteiger partial charge in [-0.3, -0.25) is 0 Å². The molecule has 134 valence electrons. The zero-order valence-electron chi connectivity index (χ0n) is 15.3. The highest BCUT2D eigenvalue weighted by Crippen LogP contribution is 2.41. The van der Waals surface area contributed by atoms with Crippen molar-refractivity contribution >= 4 is 17.1 Å². The monoisotopic (exact) mass is 341 g/mol. The van der Waals surface area contributed by atoms with Crippen LogP contribution in [-0.4, -0.2) is 39.7 Å². The molecule has 0 radical (unpaired) electrons. The number of H-pyrrole nitrogens is 1. The minimum absolute atomic E-state index is 0.204. The molecule has 0 atom stereocenters. The van der Waals surface area contributed by atoms with Crippen LogP contribution in [-0.2, 0) is 4.74 Å². The molecule has 2 fully saturated rings. The summed E-state index contributed by atoms with van der Waals surface area (Å²) in [6.07, 6.45) is 4.28. The van der Waals surface area contributed by atoms with E-state index in [4.69, 9.17) is 9.72 Å². The normalized spacial score (nSPS) is 19.4. The number of ether oxygens (including phenoxy) is 1. The lowest BCUT2D eigenvalue weighted by Gasteiger charge is -2.32. The number of hydrogen-bond donors (Lipinski definition) is 1. The van der Waals surface area contributed by atoms with E-state index in [0.717, 1.165) is 48.7 Å². The minimum Gasteiger partial charge on any atom is -0.444 e. The summed E-state index contributed by atoms with van der Waals surface area (Å²) in [6, 6.07) is 6.62. The fourth-order valence-electron chi connectivity index (χ4n) is 3.57. The summed E-state index contributed by atoms with van der Waals surface area (Å²) in [4.78, 5) is 22.3. The fraction of sp³-hybridized carbons (Fsp3) is 0.600. The molecule has 1 N–H and O–H groups in total. The van der Waals surface area contributed by atoms with Gasteiger partial charge in [0.1, 0.15) is 11.4 Å². The van der Waals surface area contributed by atoms with E-state index in [1.54, 1.807) is 0 Å². The smallest absolute Gasteiger partial charge is 0.410 e. The van der Waals surface area contributed by atoms with Gasteiger partial charge in [-0.25, -0.2) is 9.78 Å². The number of likely N-dealkylation sites (tertiary alicyclic amines) is 1. The first-order valence-electron chi connectivity index (χ1n) is 9.36. The molecule has 2 aliphatic rings. The number of carbonyl (C=O) groups is 1. The third-order valence-electron chi connectivity index (χ3n) is 5.11. The lowest BCUT2D eigenvalue weighted by molar-refractivity contribution is 0.0203. The number of carbonyl (C=O) groups excluding carboxylic acids is 1. The van der Waals surface area contributed by atoms with E-state index >= 15 is 0 Å². The predicted molar refractivity (Wildman–Crippen MR) is 97.9 cm³/mol. The van der Waals surface area contributed by atoms with Crippen molar-refractivity contribution in [1.29, 1.82) is 0 Å². The average molecular weight is 341 g/mol.